The maximum atomic E-state index is 12.3. The van der Waals surface area contributed by atoms with E-state index < -0.39 is 0 Å². The molecule has 130 valence electrons. The molecule has 0 saturated carbocycles. The predicted molar refractivity (Wildman–Crippen MR) is 97.0 cm³/mol. The van der Waals surface area contributed by atoms with Crippen LogP contribution in [0.1, 0.15) is 23.2 Å². The molecule has 1 N–H and O–H groups in total. The number of carbonyl (C=O) groups is 1. The van der Waals surface area contributed by atoms with Gasteiger partial charge in [0.2, 0.25) is 0 Å². The summed E-state index contributed by atoms with van der Waals surface area (Å²) in [6.07, 6.45) is 3.64. The fourth-order valence-electron chi connectivity index (χ4n) is 2.20. The summed E-state index contributed by atoms with van der Waals surface area (Å²) in [5.74, 6) is 2.11. The molecule has 2 heterocycles. The highest BCUT2D eigenvalue weighted by atomic mass is 32.2. The first kappa shape index (κ1) is 17.2. The Bertz CT molecular complexity index is 839. The first-order valence-electron chi connectivity index (χ1n) is 7.88. The van der Waals surface area contributed by atoms with Gasteiger partial charge in [0, 0.05) is 25.1 Å². The minimum absolute atomic E-state index is 0.280. The van der Waals surface area contributed by atoms with Crippen LogP contribution in [-0.2, 0) is 12.8 Å². The monoisotopic (exact) mass is 357 g/mol. The van der Waals surface area contributed by atoms with Crippen LogP contribution in [0.25, 0.3) is 0 Å². The maximum absolute atomic E-state index is 12.3. The number of nitrogens with one attached hydrogen (secondary N) is 1. The number of carbonyl (C=O) groups excluding carboxylic acids is 1. The van der Waals surface area contributed by atoms with Crippen molar-refractivity contribution < 1.29 is 13.9 Å². The number of imidazole rings is 1. The van der Waals surface area contributed by atoms with E-state index in [4.69, 9.17) is 9.15 Å². The first-order valence-corrected chi connectivity index (χ1v) is 8.87. The molecule has 0 unspecified atom stereocenters. The highest BCUT2D eigenvalue weighted by molar-refractivity contribution is 7.98. The molecule has 0 aliphatic rings. The molecule has 0 atom stereocenters. The molecule has 0 aliphatic heterocycles. The minimum atomic E-state index is -0.280. The topological polar surface area (TPSA) is 69.3 Å². The summed E-state index contributed by atoms with van der Waals surface area (Å²) >= 11 is 1.55. The van der Waals surface area contributed by atoms with E-state index in [1.165, 1.54) is 0 Å². The zero-order chi connectivity index (χ0) is 17.6. The normalized spacial score (nSPS) is 10.6. The maximum Gasteiger partial charge on any atom is 0.291 e. The molecular formula is C18H19N3O3S. The highest BCUT2D eigenvalue weighted by Crippen LogP contribution is 2.22. The van der Waals surface area contributed by atoms with E-state index in [-0.39, 0.29) is 11.7 Å². The number of anilines is 1. The molecule has 0 bridgehead atoms. The molecule has 2 aromatic heterocycles. The molecule has 1 amide bonds. The number of aryl methyl sites for hydroxylation is 1. The molecule has 0 spiro atoms. The lowest BCUT2D eigenvalue weighted by Crippen LogP contribution is -2.10. The van der Waals surface area contributed by atoms with Gasteiger partial charge in [-0.1, -0.05) is 11.8 Å². The van der Waals surface area contributed by atoms with Crippen LogP contribution in [-0.4, -0.2) is 22.1 Å². The highest BCUT2D eigenvalue weighted by Gasteiger charge is 2.12. The Kier molecular flexibility index (Phi) is 5.45. The second kappa shape index (κ2) is 7.94. The number of thioether (sulfide) groups is 1. The number of rotatable bonds is 7. The van der Waals surface area contributed by atoms with Crippen molar-refractivity contribution in [1.82, 2.24) is 9.55 Å². The summed E-state index contributed by atoms with van der Waals surface area (Å²) in [6.45, 7) is 2.54. The Morgan fingerprint density at radius 3 is 2.76 bits per heavy atom. The van der Waals surface area contributed by atoms with Crippen molar-refractivity contribution in [2.45, 2.75) is 17.8 Å². The van der Waals surface area contributed by atoms with Gasteiger partial charge in [-0.25, -0.2) is 4.98 Å². The molecular weight excluding hydrogens is 338 g/mol. The van der Waals surface area contributed by atoms with Crippen molar-refractivity contribution in [3.05, 3.63) is 60.3 Å². The smallest absolute Gasteiger partial charge is 0.291 e. The summed E-state index contributed by atoms with van der Waals surface area (Å²) in [6, 6.07) is 10.7. The summed E-state index contributed by atoms with van der Waals surface area (Å²) in [5, 5.41) is 3.71. The van der Waals surface area contributed by atoms with Gasteiger partial charge in [-0.2, -0.15) is 0 Å². The lowest BCUT2D eigenvalue weighted by atomic mass is 10.3. The van der Waals surface area contributed by atoms with Crippen LogP contribution in [0.3, 0.4) is 0 Å². The van der Waals surface area contributed by atoms with Gasteiger partial charge in [0.05, 0.1) is 12.4 Å². The van der Waals surface area contributed by atoms with Gasteiger partial charge in [0.15, 0.2) is 10.9 Å². The summed E-state index contributed by atoms with van der Waals surface area (Å²) < 4.78 is 12.9. The van der Waals surface area contributed by atoms with Crippen molar-refractivity contribution in [2.24, 2.45) is 7.05 Å². The van der Waals surface area contributed by atoms with Gasteiger partial charge in [0.1, 0.15) is 11.5 Å². The van der Waals surface area contributed by atoms with E-state index in [2.05, 4.69) is 10.3 Å². The molecule has 25 heavy (non-hydrogen) atoms. The Labute approximate surface area is 150 Å². The standard InChI is InChI=1S/C18H19N3O3S/c1-3-23-14-6-4-13(5-7-14)20-17(22)16-9-8-15(24-16)12-25-18-19-10-11-21(18)2/h4-11H,3,12H2,1-2H3,(H,20,22). The number of hydrogen-bond donors (Lipinski definition) is 1. The second-order valence-corrected chi connectivity index (χ2v) is 6.23. The second-order valence-electron chi connectivity index (χ2n) is 5.29. The SMILES string of the molecule is CCOc1ccc(NC(=O)c2ccc(CSc3nccn3C)o2)cc1. The Morgan fingerprint density at radius 1 is 1.28 bits per heavy atom. The van der Waals surface area contributed by atoms with Crippen LogP contribution in [0.4, 0.5) is 5.69 Å². The molecule has 0 fully saturated rings. The fraction of sp³-hybridized carbons (Fsp3) is 0.222. The third-order valence-electron chi connectivity index (χ3n) is 3.43. The van der Waals surface area contributed by atoms with Crippen molar-refractivity contribution in [3.63, 3.8) is 0 Å². The third kappa shape index (κ3) is 4.45. The molecule has 3 aromatic rings. The fourth-order valence-corrected chi connectivity index (χ4v) is 3.02. The van der Waals surface area contributed by atoms with Gasteiger partial charge in [0.25, 0.3) is 5.91 Å². The van der Waals surface area contributed by atoms with Crippen LogP contribution in [0, 0.1) is 0 Å². The van der Waals surface area contributed by atoms with Gasteiger partial charge in [-0.05, 0) is 43.3 Å². The molecule has 0 saturated heterocycles. The van der Waals surface area contributed by atoms with Gasteiger partial charge < -0.3 is 19.0 Å². The Balaban J connectivity index is 1.57. The van der Waals surface area contributed by atoms with Crippen molar-refractivity contribution in [2.75, 3.05) is 11.9 Å². The molecule has 0 radical (unpaired) electrons. The largest absolute Gasteiger partial charge is 0.494 e. The van der Waals surface area contributed by atoms with Crippen LogP contribution in [0.2, 0.25) is 0 Å². The van der Waals surface area contributed by atoms with Crippen LogP contribution < -0.4 is 10.1 Å². The van der Waals surface area contributed by atoms with Crippen molar-refractivity contribution in [1.29, 1.82) is 0 Å². The van der Waals surface area contributed by atoms with E-state index in [1.54, 1.807) is 36.2 Å². The minimum Gasteiger partial charge on any atom is -0.494 e. The van der Waals surface area contributed by atoms with E-state index in [9.17, 15) is 4.79 Å². The number of ether oxygens (including phenoxy) is 1. The van der Waals surface area contributed by atoms with Gasteiger partial charge in [-0.15, -0.1) is 0 Å². The van der Waals surface area contributed by atoms with Gasteiger partial charge >= 0.3 is 0 Å². The zero-order valence-electron chi connectivity index (χ0n) is 14.1. The van der Waals surface area contributed by atoms with E-state index in [0.29, 0.717) is 18.0 Å². The lowest BCUT2D eigenvalue weighted by Gasteiger charge is -2.06. The lowest BCUT2D eigenvalue weighted by molar-refractivity contribution is 0.0995. The van der Waals surface area contributed by atoms with Crippen LogP contribution >= 0.6 is 11.8 Å². The number of hydrogen-bond acceptors (Lipinski definition) is 5. The van der Waals surface area contributed by atoms with Crippen LogP contribution in [0.5, 0.6) is 5.75 Å². The summed E-state index contributed by atoms with van der Waals surface area (Å²) in [7, 11) is 1.94. The quantitative estimate of drug-likeness (QED) is 0.648. The first-order chi connectivity index (χ1) is 12.2. The number of amides is 1. The zero-order valence-corrected chi connectivity index (χ0v) is 14.9. The average Bonchev–Trinajstić information content (AvgIpc) is 3.24. The van der Waals surface area contributed by atoms with Crippen molar-refractivity contribution in [3.8, 4) is 5.75 Å². The third-order valence-corrected chi connectivity index (χ3v) is 4.51. The van der Waals surface area contributed by atoms with E-state index in [1.807, 2.05) is 42.9 Å². The molecule has 0 aliphatic carbocycles. The molecule has 6 nitrogen and oxygen atoms in total. The number of benzene rings is 1. The summed E-state index contributed by atoms with van der Waals surface area (Å²) in [5.41, 5.74) is 0.689. The summed E-state index contributed by atoms with van der Waals surface area (Å²) in [4.78, 5) is 16.5. The average molecular weight is 357 g/mol. The van der Waals surface area contributed by atoms with Crippen molar-refractivity contribution >= 4 is 23.4 Å². The number of nitrogens with zero attached hydrogens (tertiary/aromatic N) is 2. The number of furan rings is 1. The van der Waals surface area contributed by atoms with E-state index in [0.717, 1.165) is 16.7 Å². The molecule has 7 heteroatoms. The number of aromatic nitrogens is 2. The molecule has 3 rings (SSSR count). The Morgan fingerprint density at radius 2 is 2.08 bits per heavy atom. The van der Waals surface area contributed by atoms with Crippen LogP contribution in [0.15, 0.2) is 58.4 Å². The van der Waals surface area contributed by atoms with Gasteiger partial charge in [-0.3, -0.25) is 4.79 Å². The van der Waals surface area contributed by atoms with E-state index >= 15 is 0 Å². The molecule has 1 aromatic carbocycles. The predicted octanol–water partition coefficient (Wildman–Crippen LogP) is 3.96. The Hall–Kier alpha value is -2.67.